The van der Waals surface area contributed by atoms with Gasteiger partial charge in [0.1, 0.15) is 11.5 Å². The summed E-state index contributed by atoms with van der Waals surface area (Å²) in [5, 5.41) is 6.38. The van der Waals surface area contributed by atoms with E-state index in [0.717, 1.165) is 70.0 Å². The fourth-order valence-electron chi connectivity index (χ4n) is 4.84. The number of nitrogens with one attached hydrogen (secondary N) is 1. The Balaban J connectivity index is 1.16. The van der Waals surface area contributed by atoms with E-state index in [-0.39, 0.29) is 5.56 Å². The molecule has 0 radical (unpaired) electrons. The van der Waals surface area contributed by atoms with Gasteiger partial charge in [0.2, 0.25) is 0 Å². The molecule has 216 valence electrons. The first-order chi connectivity index (χ1) is 19.6. The Bertz CT molecular complexity index is 1710. The number of benzene rings is 2. The second-order valence-corrected chi connectivity index (χ2v) is 14.1. The molecule has 1 aliphatic carbocycles. The fourth-order valence-corrected chi connectivity index (χ4v) is 7.01. The van der Waals surface area contributed by atoms with Crippen molar-refractivity contribution < 1.29 is 17.7 Å². The largest absolute Gasteiger partial charge is 0.360 e. The molecule has 2 aromatic carbocycles. The Kier molecular flexibility index (Phi) is 7.72. The summed E-state index contributed by atoms with van der Waals surface area (Å²) in [6.45, 7) is 3.88. The highest BCUT2D eigenvalue weighted by Gasteiger charge is 2.34. The van der Waals surface area contributed by atoms with Crippen molar-refractivity contribution in [3.05, 3.63) is 63.3 Å². The summed E-state index contributed by atoms with van der Waals surface area (Å²) >= 11 is 14.5. The number of aromatic nitrogens is 2. The molecule has 2 aliphatic rings. The summed E-state index contributed by atoms with van der Waals surface area (Å²) in [6.07, 6.45) is 2.19. The van der Waals surface area contributed by atoms with Gasteiger partial charge in [0, 0.05) is 69.4 Å². The number of carbonyl (C=O) groups is 1. The van der Waals surface area contributed by atoms with Crippen LogP contribution in [0.5, 0.6) is 0 Å². The number of hydrogen-bond acceptors (Lipinski definition) is 9. The SMILES string of the molecule is CN(C)S(=O)(=O)NC(=O)c1ccc2nc(N3CCN(Cc4c(-c5c(Cl)cccc5Cl)noc4C4CC4)CC3)sc2c1. The highest BCUT2D eigenvalue weighted by molar-refractivity contribution is 7.87. The average Bonchev–Trinajstić information content (AvgIpc) is 3.56. The molecule has 1 amide bonds. The van der Waals surface area contributed by atoms with Crippen LogP contribution in [0.4, 0.5) is 5.13 Å². The summed E-state index contributed by atoms with van der Waals surface area (Å²) in [4.78, 5) is 21.9. The molecule has 1 N–H and O–H groups in total. The first-order valence-corrected chi connectivity index (χ1v) is 16.2. The van der Waals surface area contributed by atoms with Crippen LogP contribution in [0.25, 0.3) is 21.5 Å². The van der Waals surface area contributed by atoms with Crippen molar-refractivity contribution in [2.24, 2.45) is 0 Å². The van der Waals surface area contributed by atoms with Gasteiger partial charge in [0.05, 0.1) is 20.3 Å². The van der Waals surface area contributed by atoms with E-state index in [1.807, 2.05) is 18.2 Å². The van der Waals surface area contributed by atoms with Crippen LogP contribution in [-0.2, 0) is 16.8 Å². The lowest BCUT2D eigenvalue weighted by molar-refractivity contribution is 0.0980. The van der Waals surface area contributed by atoms with Crippen molar-refractivity contribution in [3.8, 4) is 11.3 Å². The van der Waals surface area contributed by atoms with E-state index < -0.39 is 16.1 Å². The molecule has 3 heterocycles. The molecule has 0 bridgehead atoms. The van der Waals surface area contributed by atoms with Crippen molar-refractivity contribution in [2.45, 2.75) is 25.3 Å². The first-order valence-electron chi connectivity index (χ1n) is 13.2. The van der Waals surface area contributed by atoms with Crippen LogP contribution < -0.4 is 9.62 Å². The van der Waals surface area contributed by atoms with Crippen molar-refractivity contribution in [1.29, 1.82) is 0 Å². The van der Waals surface area contributed by atoms with Gasteiger partial charge >= 0.3 is 10.2 Å². The van der Waals surface area contributed by atoms with Gasteiger partial charge in [-0.15, -0.1) is 0 Å². The van der Waals surface area contributed by atoms with E-state index >= 15 is 0 Å². The van der Waals surface area contributed by atoms with Crippen LogP contribution in [0.2, 0.25) is 10.0 Å². The topological polar surface area (TPSA) is 112 Å². The third-order valence-corrected chi connectivity index (χ3v) is 10.4. The fraction of sp³-hybridized carbons (Fsp3) is 0.370. The van der Waals surface area contributed by atoms with Crippen LogP contribution in [0.15, 0.2) is 40.9 Å². The summed E-state index contributed by atoms with van der Waals surface area (Å²) in [5.41, 5.74) is 3.51. The maximum atomic E-state index is 12.5. The molecule has 41 heavy (non-hydrogen) atoms. The quantitative estimate of drug-likeness (QED) is 0.288. The molecule has 1 aliphatic heterocycles. The molecule has 0 spiro atoms. The highest BCUT2D eigenvalue weighted by Crippen LogP contribution is 2.46. The van der Waals surface area contributed by atoms with Crippen molar-refractivity contribution in [3.63, 3.8) is 0 Å². The smallest absolute Gasteiger partial charge is 0.303 e. The molecule has 1 saturated carbocycles. The molecule has 1 saturated heterocycles. The second-order valence-electron chi connectivity index (χ2n) is 10.4. The summed E-state index contributed by atoms with van der Waals surface area (Å²) in [5.74, 6) is 0.648. The third-order valence-electron chi connectivity index (χ3n) is 7.33. The molecule has 2 fully saturated rings. The number of amides is 1. The monoisotopic (exact) mass is 634 g/mol. The van der Waals surface area contributed by atoms with E-state index in [4.69, 9.17) is 32.7 Å². The van der Waals surface area contributed by atoms with Gasteiger partial charge in [0.15, 0.2) is 5.13 Å². The van der Waals surface area contributed by atoms with Gasteiger partial charge in [-0.3, -0.25) is 9.69 Å². The molecule has 0 atom stereocenters. The highest BCUT2D eigenvalue weighted by atomic mass is 35.5. The second kappa shape index (κ2) is 11.2. The third kappa shape index (κ3) is 5.81. The average molecular weight is 636 g/mol. The predicted octanol–water partition coefficient (Wildman–Crippen LogP) is 4.99. The lowest BCUT2D eigenvalue weighted by Gasteiger charge is -2.34. The standard InChI is InChI=1S/C27H28Cl2N6O4S2/c1-33(2)41(37,38)32-26(36)17-8-9-21-22(14-17)40-27(30-21)35-12-10-34(11-13-35)15-18-24(31-39-25(18)16-6-7-16)23-19(28)4-3-5-20(23)29/h3-5,8-9,14,16H,6-7,10-13,15H2,1-2H3,(H,32,36). The molecule has 14 heteroatoms. The Morgan fingerprint density at radius 3 is 2.49 bits per heavy atom. The Morgan fingerprint density at radius 2 is 1.83 bits per heavy atom. The van der Waals surface area contributed by atoms with Crippen LogP contribution in [0.3, 0.4) is 0 Å². The number of rotatable bonds is 8. The van der Waals surface area contributed by atoms with Gasteiger partial charge in [-0.05, 0) is 43.2 Å². The molecular formula is C27H28Cl2N6O4S2. The number of anilines is 1. The zero-order valence-corrected chi connectivity index (χ0v) is 25.6. The minimum absolute atomic E-state index is 0.262. The lowest BCUT2D eigenvalue weighted by atomic mass is 10.0. The van der Waals surface area contributed by atoms with Crippen molar-refractivity contribution in [1.82, 2.24) is 24.1 Å². The minimum Gasteiger partial charge on any atom is -0.360 e. The maximum absolute atomic E-state index is 12.5. The molecule has 6 rings (SSSR count). The van der Waals surface area contributed by atoms with Crippen LogP contribution in [0.1, 0.15) is 40.4 Å². The molecule has 0 unspecified atom stereocenters. The normalized spacial score (nSPS) is 16.6. The number of piperazine rings is 1. The van der Waals surface area contributed by atoms with Gasteiger partial charge < -0.3 is 9.42 Å². The minimum atomic E-state index is -3.88. The van der Waals surface area contributed by atoms with Crippen LogP contribution in [-0.4, -0.2) is 73.9 Å². The van der Waals surface area contributed by atoms with E-state index in [2.05, 4.69) is 19.7 Å². The number of fused-ring (bicyclic) bond motifs is 1. The zero-order valence-electron chi connectivity index (χ0n) is 22.4. The zero-order chi connectivity index (χ0) is 28.9. The molecule has 10 nitrogen and oxygen atoms in total. The van der Waals surface area contributed by atoms with Crippen molar-refractivity contribution >= 4 is 66.0 Å². The Labute approximate surface area is 252 Å². The van der Waals surface area contributed by atoms with Gasteiger partial charge in [-0.2, -0.15) is 12.7 Å². The number of halogens is 2. The van der Waals surface area contributed by atoms with E-state index in [9.17, 15) is 13.2 Å². The molecule has 4 aromatic rings. The van der Waals surface area contributed by atoms with Gasteiger partial charge in [-0.1, -0.05) is 45.8 Å². The summed E-state index contributed by atoms with van der Waals surface area (Å²) < 4.78 is 33.8. The lowest BCUT2D eigenvalue weighted by Crippen LogP contribution is -2.46. The van der Waals surface area contributed by atoms with Crippen LogP contribution in [0, 0.1) is 0 Å². The number of nitrogens with zero attached hydrogens (tertiary/aromatic N) is 5. The van der Waals surface area contributed by atoms with Crippen LogP contribution >= 0.6 is 34.5 Å². The molecular weight excluding hydrogens is 607 g/mol. The first kappa shape index (κ1) is 28.4. The van der Waals surface area contributed by atoms with E-state index in [1.54, 1.807) is 18.2 Å². The predicted molar refractivity (Wildman–Crippen MR) is 161 cm³/mol. The number of thiazole rings is 1. The Hall–Kier alpha value is -2.74. The maximum Gasteiger partial charge on any atom is 0.303 e. The summed E-state index contributed by atoms with van der Waals surface area (Å²) in [6, 6.07) is 10.5. The molecule has 2 aromatic heterocycles. The summed E-state index contributed by atoms with van der Waals surface area (Å²) in [7, 11) is -1.15. The Morgan fingerprint density at radius 1 is 1.12 bits per heavy atom. The van der Waals surface area contributed by atoms with Gasteiger partial charge in [0.25, 0.3) is 5.91 Å². The van der Waals surface area contributed by atoms with Crippen molar-refractivity contribution in [2.75, 3.05) is 45.2 Å². The number of hydrogen-bond donors (Lipinski definition) is 1. The van der Waals surface area contributed by atoms with Gasteiger partial charge in [-0.25, -0.2) is 9.71 Å². The number of carbonyl (C=O) groups excluding carboxylic acids is 1. The van der Waals surface area contributed by atoms with E-state index in [1.165, 1.54) is 25.4 Å². The van der Waals surface area contributed by atoms with E-state index in [0.29, 0.717) is 33.8 Å².